The normalized spacial score (nSPS) is 9.44. The zero-order chi connectivity index (χ0) is 6.78. The van der Waals surface area contributed by atoms with Crippen LogP contribution in [0.15, 0.2) is 0 Å². The van der Waals surface area contributed by atoms with Crippen molar-refractivity contribution in [2.24, 2.45) is 0 Å². The van der Waals surface area contributed by atoms with Crippen LogP contribution in [0.3, 0.4) is 0 Å². The molecule has 0 heterocycles. The molecule has 0 aromatic carbocycles. The fourth-order valence-electron chi connectivity index (χ4n) is 0.0769. The Labute approximate surface area is 94.3 Å². The summed E-state index contributed by atoms with van der Waals surface area (Å²) in [7, 11) is -4.92. The molecular weight excluding hydrogens is 181 g/mol. The Morgan fingerprint density at radius 3 is 2.00 bits per heavy atom. The van der Waals surface area contributed by atoms with E-state index in [1.54, 1.807) is 0 Å². The van der Waals surface area contributed by atoms with Gasteiger partial charge in [-0.25, -0.2) is 0 Å². The molecule has 0 saturated heterocycles. The maximum Gasteiger partial charge on any atom is 1.00 e. The molecule has 0 aromatic heterocycles. The van der Waals surface area contributed by atoms with E-state index < -0.39 is 15.5 Å². The standard InChI is InChI=1S/K.HNO6S.H/c;2-1(3)7-8(4,5)6;/h;(H,4,5,6);/q+1;;-1. The quantitative estimate of drug-likeness (QED) is 0.203. The van der Waals surface area contributed by atoms with Crippen LogP contribution in [-0.2, 0) is 14.7 Å². The molecule has 0 aliphatic heterocycles. The van der Waals surface area contributed by atoms with Crippen LogP contribution in [0.5, 0.6) is 0 Å². The predicted molar refractivity (Wildman–Crippen MR) is 20.7 cm³/mol. The van der Waals surface area contributed by atoms with Crippen LogP contribution in [0.1, 0.15) is 1.43 Å². The Bertz CT molecular complexity index is 184. The topological polar surface area (TPSA) is 107 Å². The van der Waals surface area contributed by atoms with Crippen molar-refractivity contribution in [3.63, 3.8) is 0 Å². The Kier molecular flexibility index (Phi) is 6.27. The van der Waals surface area contributed by atoms with Gasteiger partial charge in [0.05, 0.1) is 0 Å². The number of nitrogens with zero attached hydrogens (tertiary/aromatic N) is 1. The molecule has 0 radical (unpaired) electrons. The van der Waals surface area contributed by atoms with Crippen LogP contribution < -0.4 is 51.4 Å². The van der Waals surface area contributed by atoms with Crippen LogP contribution in [0.25, 0.3) is 0 Å². The zero-order valence-electron chi connectivity index (χ0n) is 5.34. The smallest absolute Gasteiger partial charge is 1.00 e. The van der Waals surface area contributed by atoms with Crippen LogP contribution >= 0.6 is 0 Å². The number of rotatable bonds is 2. The first kappa shape index (κ1) is 12.4. The first-order valence-corrected chi connectivity index (χ1v) is 2.60. The molecule has 0 fully saturated rings. The molecule has 0 rings (SSSR count). The fraction of sp³-hybridized carbons (Fsp3) is 0. The molecule has 0 aliphatic rings. The summed E-state index contributed by atoms with van der Waals surface area (Å²) in [5.74, 6) is 0. The number of hydrogen-bond acceptors (Lipinski definition) is 5. The molecule has 0 atom stereocenters. The second kappa shape index (κ2) is 4.54. The van der Waals surface area contributed by atoms with Gasteiger partial charge >= 0.3 is 66.9 Å². The van der Waals surface area contributed by atoms with E-state index >= 15 is 0 Å². The van der Waals surface area contributed by atoms with E-state index in [9.17, 15) is 8.42 Å². The van der Waals surface area contributed by atoms with Gasteiger partial charge in [-0.2, -0.15) is 12.7 Å². The van der Waals surface area contributed by atoms with Crippen molar-refractivity contribution in [2.45, 2.75) is 0 Å². The van der Waals surface area contributed by atoms with Gasteiger partial charge in [0, 0.05) is 0 Å². The fourth-order valence-corrected chi connectivity index (χ4v) is 0.231. The molecule has 9 heteroatoms. The second-order valence-electron chi connectivity index (χ2n) is 0.726. The van der Waals surface area contributed by atoms with E-state index in [2.05, 4.69) is 4.28 Å². The molecule has 50 valence electrons. The SMILES string of the molecule is O=[N+]([O-])OS(=O)(=O)O.[H-].[K+]. The first-order chi connectivity index (χ1) is 3.42. The largest absolute Gasteiger partial charge is 1.00 e. The number of hydrogen-bond donors (Lipinski definition) is 1. The summed E-state index contributed by atoms with van der Waals surface area (Å²) in [6, 6.07) is 0. The van der Waals surface area contributed by atoms with Gasteiger partial charge in [0.1, 0.15) is 0 Å². The summed E-state index contributed by atoms with van der Waals surface area (Å²) in [4.78, 5) is 9.06. The van der Waals surface area contributed by atoms with E-state index in [4.69, 9.17) is 14.7 Å². The Morgan fingerprint density at radius 1 is 1.67 bits per heavy atom. The minimum atomic E-state index is -4.92. The van der Waals surface area contributed by atoms with Gasteiger partial charge in [-0.15, -0.1) is 10.1 Å². The van der Waals surface area contributed by atoms with Gasteiger partial charge in [0.2, 0.25) is 0 Å². The molecule has 0 spiro atoms. The average Bonchev–Trinajstić information content (AvgIpc) is 1.21. The van der Waals surface area contributed by atoms with Crippen LogP contribution in [-0.4, -0.2) is 18.1 Å². The molecule has 0 aliphatic carbocycles. The Morgan fingerprint density at radius 2 is 2.00 bits per heavy atom. The third kappa shape index (κ3) is 12.1. The maximum absolute atomic E-state index is 9.33. The Hall–Kier alpha value is 0.746. The van der Waals surface area contributed by atoms with Crippen molar-refractivity contribution in [3.05, 3.63) is 10.1 Å². The van der Waals surface area contributed by atoms with E-state index in [0.717, 1.165) is 0 Å². The summed E-state index contributed by atoms with van der Waals surface area (Å²) in [6.45, 7) is 0. The minimum Gasteiger partial charge on any atom is -1.00 e. The summed E-state index contributed by atoms with van der Waals surface area (Å²) in [5, 5.41) is 7.43. The van der Waals surface area contributed by atoms with Crippen molar-refractivity contribution in [1.29, 1.82) is 0 Å². The van der Waals surface area contributed by atoms with Gasteiger partial charge in [-0.3, -0.25) is 4.55 Å². The molecule has 0 amide bonds. The first-order valence-electron chi connectivity index (χ1n) is 1.23. The van der Waals surface area contributed by atoms with Crippen molar-refractivity contribution in [1.82, 2.24) is 0 Å². The monoisotopic (exact) mass is 183 g/mol. The van der Waals surface area contributed by atoms with E-state index in [1.807, 2.05) is 0 Å². The van der Waals surface area contributed by atoms with Crippen molar-refractivity contribution < 1.29 is 75.2 Å². The molecule has 9 heavy (non-hydrogen) atoms. The summed E-state index contributed by atoms with van der Waals surface area (Å²) >= 11 is 0. The minimum absolute atomic E-state index is 0. The molecule has 0 bridgehead atoms. The molecular formula is H2KNO6S. The molecule has 0 unspecified atom stereocenters. The average molecular weight is 183 g/mol. The molecule has 0 saturated carbocycles. The van der Waals surface area contributed by atoms with E-state index in [1.165, 1.54) is 0 Å². The van der Waals surface area contributed by atoms with E-state index in [0.29, 0.717) is 0 Å². The van der Waals surface area contributed by atoms with Crippen LogP contribution in [0.2, 0.25) is 0 Å². The van der Waals surface area contributed by atoms with Crippen LogP contribution in [0, 0.1) is 10.1 Å². The van der Waals surface area contributed by atoms with Gasteiger partial charge in [0.15, 0.2) is 0 Å². The molecule has 7 nitrogen and oxygen atoms in total. The molecule has 0 aromatic rings. The van der Waals surface area contributed by atoms with Crippen molar-refractivity contribution in [3.8, 4) is 0 Å². The van der Waals surface area contributed by atoms with Crippen molar-refractivity contribution >= 4 is 10.4 Å². The van der Waals surface area contributed by atoms with Gasteiger partial charge in [-0.05, 0) is 0 Å². The maximum atomic E-state index is 9.33. The zero-order valence-corrected chi connectivity index (χ0v) is 8.28. The van der Waals surface area contributed by atoms with Gasteiger partial charge in [-0.1, -0.05) is 0 Å². The van der Waals surface area contributed by atoms with Crippen molar-refractivity contribution in [2.75, 3.05) is 0 Å². The van der Waals surface area contributed by atoms with Gasteiger partial charge < -0.3 is 1.43 Å². The van der Waals surface area contributed by atoms with E-state index in [-0.39, 0.29) is 52.8 Å². The summed E-state index contributed by atoms with van der Waals surface area (Å²) in [6.07, 6.45) is 0. The van der Waals surface area contributed by atoms with Gasteiger partial charge in [0.25, 0.3) is 0 Å². The Balaban J connectivity index is -0.000000245. The predicted octanol–water partition coefficient (Wildman–Crippen LogP) is -3.89. The summed E-state index contributed by atoms with van der Waals surface area (Å²) < 4.78 is 28.9. The van der Waals surface area contributed by atoms with Crippen LogP contribution in [0.4, 0.5) is 0 Å². The third-order valence-electron chi connectivity index (χ3n) is 0.155. The summed E-state index contributed by atoms with van der Waals surface area (Å²) in [5.41, 5.74) is 0. The second-order valence-corrected chi connectivity index (χ2v) is 1.73. The third-order valence-corrected chi connectivity index (χ3v) is 0.465. The molecule has 1 N–H and O–H groups in total.